The summed E-state index contributed by atoms with van der Waals surface area (Å²) in [4.78, 5) is 11.8. The number of hydrogen-bond acceptors (Lipinski definition) is 3. The van der Waals surface area contributed by atoms with Crippen molar-refractivity contribution >= 4 is 29.1 Å². The summed E-state index contributed by atoms with van der Waals surface area (Å²) in [5.41, 5.74) is 1.16. The van der Waals surface area contributed by atoms with Crippen LogP contribution in [0, 0.1) is 0 Å². The third-order valence-corrected chi connectivity index (χ3v) is 5.32. The van der Waals surface area contributed by atoms with Gasteiger partial charge in [0.25, 0.3) is 0 Å². The molecule has 0 radical (unpaired) electrons. The summed E-state index contributed by atoms with van der Waals surface area (Å²) >= 11 is 1.75. The zero-order valence-electron chi connectivity index (χ0n) is 12.7. The Kier molecular flexibility index (Phi) is 5.35. The van der Waals surface area contributed by atoms with Crippen molar-refractivity contribution in [3.63, 3.8) is 0 Å². The van der Waals surface area contributed by atoms with Gasteiger partial charge in [0, 0.05) is 17.5 Å². The number of benzene rings is 2. The Morgan fingerprint density at radius 1 is 1.05 bits per heavy atom. The molecule has 3 nitrogen and oxygen atoms in total. The minimum atomic E-state index is 0.574. The molecule has 1 aliphatic carbocycles. The first kappa shape index (κ1) is 15.4. The van der Waals surface area contributed by atoms with Crippen LogP contribution in [0.15, 0.2) is 41.3 Å². The first-order valence-electron chi connectivity index (χ1n) is 7.98. The van der Waals surface area contributed by atoms with E-state index in [9.17, 15) is 4.79 Å². The Hall–Kier alpha value is -1.52. The van der Waals surface area contributed by atoms with E-state index in [1.807, 2.05) is 0 Å². The molecular weight excluding hydrogens is 292 g/mol. The lowest BCUT2D eigenvalue weighted by molar-refractivity contribution is -0.109. The summed E-state index contributed by atoms with van der Waals surface area (Å²) in [6, 6.07) is 13.3. The van der Waals surface area contributed by atoms with E-state index < -0.39 is 0 Å². The molecule has 2 aromatic rings. The zero-order chi connectivity index (χ0) is 15.2. The lowest BCUT2D eigenvalue weighted by Crippen LogP contribution is -2.25. The van der Waals surface area contributed by atoms with E-state index in [1.165, 1.54) is 47.8 Å². The van der Waals surface area contributed by atoms with Crippen molar-refractivity contribution < 1.29 is 4.79 Å². The lowest BCUT2D eigenvalue weighted by atomic mass is 9.96. The van der Waals surface area contributed by atoms with Crippen molar-refractivity contribution in [2.45, 2.75) is 49.6 Å². The second kappa shape index (κ2) is 7.65. The standard InChI is InChI=1S/C18H22N2OS/c21-13-19-12-14-10-11-18(17-9-5-4-8-16(14)17)22-20-15-6-2-1-3-7-15/h4-5,8-11,13,15,20H,1-3,6-7,12H2,(H,19,21). The average Bonchev–Trinajstić information content (AvgIpc) is 2.59. The van der Waals surface area contributed by atoms with Crippen molar-refractivity contribution in [3.8, 4) is 0 Å². The first-order valence-corrected chi connectivity index (χ1v) is 8.80. The summed E-state index contributed by atoms with van der Waals surface area (Å²) in [5, 5.41) is 5.22. The van der Waals surface area contributed by atoms with Crippen molar-refractivity contribution in [1.29, 1.82) is 0 Å². The Bertz CT molecular complexity index is 638. The maximum atomic E-state index is 10.5. The van der Waals surface area contributed by atoms with Crippen molar-refractivity contribution in [2.75, 3.05) is 0 Å². The van der Waals surface area contributed by atoms with Gasteiger partial charge in [-0.2, -0.15) is 0 Å². The fourth-order valence-electron chi connectivity index (χ4n) is 3.10. The molecule has 0 bridgehead atoms. The highest BCUT2D eigenvalue weighted by Crippen LogP contribution is 2.30. The predicted octanol–water partition coefficient (Wildman–Crippen LogP) is 4.02. The summed E-state index contributed by atoms with van der Waals surface area (Å²) in [5.74, 6) is 0. The monoisotopic (exact) mass is 314 g/mol. The predicted molar refractivity (Wildman–Crippen MR) is 92.7 cm³/mol. The van der Waals surface area contributed by atoms with Gasteiger partial charge in [0.2, 0.25) is 6.41 Å². The second-order valence-corrected chi connectivity index (χ2v) is 6.70. The minimum absolute atomic E-state index is 0.574. The van der Waals surface area contributed by atoms with Crippen molar-refractivity contribution in [2.24, 2.45) is 0 Å². The van der Waals surface area contributed by atoms with E-state index >= 15 is 0 Å². The summed E-state index contributed by atoms with van der Waals surface area (Å²) < 4.78 is 3.64. The Morgan fingerprint density at radius 2 is 1.82 bits per heavy atom. The molecule has 1 fully saturated rings. The Balaban J connectivity index is 1.79. The maximum absolute atomic E-state index is 10.5. The van der Waals surface area contributed by atoms with Gasteiger partial charge in [0.05, 0.1) is 0 Å². The third kappa shape index (κ3) is 3.62. The molecule has 116 valence electrons. The van der Waals surface area contributed by atoms with E-state index in [4.69, 9.17) is 0 Å². The first-order chi connectivity index (χ1) is 10.9. The molecule has 1 saturated carbocycles. The number of hydrogen-bond donors (Lipinski definition) is 2. The van der Waals surface area contributed by atoms with E-state index in [0.29, 0.717) is 12.6 Å². The van der Waals surface area contributed by atoms with Crippen molar-refractivity contribution in [1.82, 2.24) is 10.0 Å². The molecule has 2 aromatic carbocycles. The topological polar surface area (TPSA) is 41.1 Å². The Labute approximate surface area is 136 Å². The molecule has 0 saturated heterocycles. The second-order valence-electron chi connectivity index (χ2n) is 5.82. The molecule has 0 heterocycles. The molecule has 2 N–H and O–H groups in total. The van der Waals surface area contributed by atoms with Crippen LogP contribution in [0.2, 0.25) is 0 Å². The average molecular weight is 314 g/mol. The summed E-state index contributed by atoms with van der Waals surface area (Å²) in [6.07, 6.45) is 7.38. The number of carbonyl (C=O) groups excluding carboxylic acids is 1. The Morgan fingerprint density at radius 3 is 2.59 bits per heavy atom. The van der Waals surface area contributed by atoms with Gasteiger partial charge in [0.1, 0.15) is 0 Å². The van der Waals surface area contributed by atoms with Gasteiger partial charge in [-0.1, -0.05) is 49.6 Å². The van der Waals surface area contributed by atoms with Crippen LogP contribution in [-0.4, -0.2) is 12.5 Å². The fourth-order valence-corrected chi connectivity index (χ4v) is 4.05. The quantitative estimate of drug-likeness (QED) is 0.625. The van der Waals surface area contributed by atoms with E-state index in [0.717, 1.165) is 12.0 Å². The number of rotatable bonds is 6. The largest absolute Gasteiger partial charge is 0.355 e. The number of nitrogens with one attached hydrogen (secondary N) is 2. The highest BCUT2D eigenvalue weighted by atomic mass is 32.2. The molecule has 0 atom stereocenters. The van der Waals surface area contributed by atoms with Gasteiger partial charge >= 0.3 is 0 Å². The van der Waals surface area contributed by atoms with Crippen LogP contribution >= 0.6 is 11.9 Å². The van der Waals surface area contributed by atoms with Crippen LogP contribution in [0.5, 0.6) is 0 Å². The maximum Gasteiger partial charge on any atom is 0.207 e. The molecule has 3 rings (SSSR count). The molecule has 1 aliphatic rings. The van der Waals surface area contributed by atoms with Crippen LogP contribution in [0.1, 0.15) is 37.7 Å². The molecule has 4 heteroatoms. The van der Waals surface area contributed by atoms with Gasteiger partial charge in [0.15, 0.2) is 0 Å². The van der Waals surface area contributed by atoms with Gasteiger partial charge in [-0.3, -0.25) is 9.52 Å². The highest BCUT2D eigenvalue weighted by molar-refractivity contribution is 7.97. The SMILES string of the molecule is O=CNCc1ccc(SNC2CCCCC2)c2ccccc12. The molecule has 0 aliphatic heterocycles. The molecular formula is C18H22N2OS. The van der Waals surface area contributed by atoms with Crippen LogP contribution in [-0.2, 0) is 11.3 Å². The van der Waals surface area contributed by atoms with E-state index in [-0.39, 0.29) is 0 Å². The fraction of sp³-hybridized carbons (Fsp3) is 0.389. The van der Waals surface area contributed by atoms with Gasteiger partial charge in [-0.05, 0) is 47.2 Å². The molecule has 0 aromatic heterocycles. The highest BCUT2D eigenvalue weighted by Gasteiger charge is 2.14. The van der Waals surface area contributed by atoms with Gasteiger partial charge in [-0.25, -0.2) is 0 Å². The number of amides is 1. The normalized spacial score (nSPS) is 15.8. The smallest absolute Gasteiger partial charge is 0.207 e. The van der Waals surface area contributed by atoms with E-state index in [2.05, 4.69) is 46.4 Å². The number of fused-ring (bicyclic) bond motifs is 1. The van der Waals surface area contributed by atoms with Crippen LogP contribution in [0.3, 0.4) is 0 Å². The molecule has 0 unspecified atom stereocenters. The summed E-state index contributed by atoms with van der Waals surface area (Å²) in [7, 11) is 0. The zero-order valence-corrected chi connectivity index (χ0v) is 13.5. The molecule has 22 heavy (non-hydrogen) atoms. The van der Waals surface area contributed by atoms with Crippen LogP contribution in [0.4, 0.5) is 0 Å². The summed E-state index contributed by atoms with van der Waals surface area (Å²) in [6.45, 7) is 0.574. The van der Waals surface area contributed by atoms with Crippen LogP contribution < -0.4 is 10.0 Å². The minimum Gasteiger partial charge on any atom is -0.355 e. The van der Waals surface area contributed by atoms with Gasteiger partial charge < -0.3 is 5.32 Å². The van der Waals surface area contributed by atoms with Crippen LogP contribution in [0.25, 0.3) is 10.8 Å². The number of carbonyl (C=O) groups is 1. The van der Waals surface area contributed by atoms with Crippen molar-refractivity contribution in [3.05, 3.63) is 42.0 Å². The molecule has 0 spiro atoms. The van der Waals surface area contributed by atoms with E-state index in [1.54, 1.807) is 11.9 Å². The molecule has 1 amide bonds. The third-order valence-electron chi connectivity index (χ3n) is 4.29. The van der Waals surface area contributed by atoms with Gasteiger partial charge in [-0.15, -0.1) is 0 Å². The lowest BCUT2D eigenvalue weighted by Gasteiger charge is -2.22.